The number of rotatable bonds is 3. The number of fused-ring (bicyclic) bond motifs is 3. The Balaban J connectivity index is 1.73. The van der Waals surface area contributed by atoms with Crippen LogP contribution in [0.25, 0.3) is 10.9 Å². The lowest BCUT2D eigenvalue weighted by molar-refractivity contribution is -0.146. The van der Waals surface area contributed by atoms with Gasteiger partial charge in [-0.3, -0.25) is 4.79 Å². The van der Waals surface area contributed by atoms with Crippen LogP contribution >= 0.6 is 0 Å². The zero-order chi connectivity index (χ0) is 19.0. The Morgan fingerprint density at radius 3 is 2.52 bits per heavy atom. The Bertz CT molecular complexity index is 1010. The highest BCUT2D eigenvalue weighted by molar-refractivity contribution is 5.98. The molecule has 6 nitrogen and oxygen atoms in total. The van der Waals surface area contributed by atoms with Gasteiger partial charge in [0.1, 0.15) is 11.8 Å². The van der Waals surface area contributed by atoms with Gasteiger partial charge in [-0.2, -0.15) is 0 Å². The van der Waals surface area contributed by atoms with Gasteiger partial charge >= 0.3 is 5.97 Å². The summed E-state index contributed by atoms with van der Waals surface area (Å²) in [5.41, 5.74) is 3.53. The number of nitrogens with zero attached hydrogens (tertiary/aromatic N) is 1. The number of methoxy groups -OCH3 is 2. The first-order chi connectivity index (χ1) is 13.1. The van der Waals surface area contributed by atoms with Crippen molar-refractivity contribution >= 4 is 22.8 Å². The number of amides is 1. The number of carbonyl (C=O) groups is 2. The molecule has 2 heterocycles. The predicted molar refractivity (Wildman–Crippen MR) is 101 cm³/mol. The fourth-order valence-corrected chi connectivity index (χ4v) is 3.67. The van der Waals surface area contributed by atoms with Crippen LogP contribution in [0.3, 0.4) is 0 Å². The van der Waals surface area contributed by atoms with Gasteiger partial charge in [-0.25, -0.2) is 4.79 Å². The molecule has 1 atom stereocenters. The number of para-hydroxylation sites is 1. The van der Waals surface area contributed by atoms with Crippen molar-refractivity contribution in [1.82, 2.24) is 9.88 Å². The van der Waals surface area contributed by atoms with E-state index in [2.05, 4.69) is 4.98 Å². The van der Waals surface area contributed by atoms with Gasteiger partial charge < -0.3 is 19.4 Å². The minimum atomic E-state index is -0.656. The number of H-pyrrole nitrogens is 1. The lowest BCUT2D eigenvalue weighted by Crippen LogP contribution is -2.49. The van der Waals surface area contributed by atoms with E-state index in [0.29, 0.717) is 24.3 Å². The molecule has 1 aliphatic heterocycles. The summed E-state index contributed by atoms with van der Waals surface area (Å²) < 4.78 is 10.1. The molecule has 0 spiro atoms. The zero-order valence-corrected chi connectivity index (χ0v) is 15.2. The van der Waals surface area contributed by atoms with Crippen LogP contribution in [0, 0.1) is 0 Å². The first-order valence-electron chi connectivity index (χ1n) is 8.73. The molecule has 1 aliphatic rings. The number of nitrogens with one attached hydrogen (secondary N) is 1. The number of ether oxygens (including phenoxy) is 2. The SMILES string of the molecule is COC(=O)C1Cc2c([nH]c3ccccc23)CN1C(=O)c1ccc(OC)cc1. The van der Waals surface area contributed by atoms with E-state index in [4.69, 9.17) is 9.47 Å². The number of benzene rings is 2. The summed E-state index contributed by atoms with van der Waals surface area (Å²) in [5, 5.41) is 1.08. The largest absolute Gasteiger partial charge is 0.497 e. The molecule has 0 aliphatic carbocycles. The fraction of sp³-hybridized carbons (Fsp3) is 0.238. The average Bonchev–Trinajstić information content (AvgIpc) is 3.09. The summed E-state index contributed by atoms with van der Waals surface area (Å²) in [6, 6.07) is 14.2. The van der Waals surface area contributed by atoms with Gasteiger partial charge in [0.15, 0.2) is 0 Å². The van der Waals surface area contributed by atoms with Gasteiger partial charge in [0.2, 0.25) is 0 Å². The molecule has 1 N–H and O–H groups in total. The molecule has 1 aromatic heterocycles. The lowest BCUT2D eigenvalue weighted by atomic mass is 9.95. The van der Waals surface area contributed by atoms with Crippen LogP contribution < -0.4 is 4.74 Å². The number of hydrogen-bond acceptors (Lipinski definition) is 4. The Hall–Kier alpha value is -3.28. The molecular weight excluding hydrogens is 344 g/mol. The molecule has 6 heteroatoms. The molecule has 0 bridgehead atoms. The first kappa shape index (κ1) is 17.1. The van der Waals surface area contributed by atoms with E-state index in [-0.39, 0.29) is 5.91 Å². The summed E-state index contributed by atoms with van der Waals surface area (Å²) >= 11 is 0. The summed E-state index contributed by atoms with van der Waals surface area (Å²) in [5.74, 6) is 0.0535. The van der Waals surface area contributed by atoms with Gasteiger partial charge in [-0.05, 0) is 35.9 Å². The summed E-state index contributed by atoms with van der Waals surface area (Å²) in [4.78, 5) is 30.5. The van der Waals surface area contributed by atoms with Crippen LogP contribution in [0.15, 0.2) is 48.5 Å². The van der Waals surface area contributed by atoms with Crippen molar-refractivity contribution in [1.29, 1.82) is 0 Å². The van der Waals surface area contributed by atoms with Crippen LogP contribution in [0.1, 0.15) is 21.6 Å². The summed E-state index contributed by atoms with van der Waals surface area (Å²) in [7, 11) is 2.93. The second-order valence-corrected chi connectivity index (χ2v) is 6.53. The van der Waals surface area contributed by atoms with Gasteiger partial charge in [0, 0.05) is 28.6 Å². The van der Waals surface area contributed by atoms with E-state index in [9.17, 15) is 9.59 Å². The van der Waals surface area contributed by atoms with Gasteiger partial charge in [0.25, 0.3) is 5.91 Å². The Labute approximate surface area is 156 Å². The fourth-order valence-electron chi connectivity index (χ4n) is 3.67. The molecule has 0 fully saturated rings. The van der Waals surface area contributed by atoms with Crippen LogP contribution in [0.2, 0.25) is 0 Å². The van der Waals surface area contributed by atoms with Crippen LogP contribution in [-0.4, -0.2) is 42.0 Å². The molecule has 2 aromatic carbocycles. The van der Waals surface area contributed by atoms with Crippen LogP contribution in [0.4, 0.5) is 0 Å². The third-order valence-electron chi connectivity index (χ3n) is 5.08. The number of aromatic nitrogens is 1. The van der Waals surface area contributed by atoms with Crippen LogP contribution in [-0.2, 0) is 22.5 Å². The molecule has 138 valence electrons. The van der Waals surface area contributed by atoms with Crippen molar-refractivity contribution < 1.29 is 19.1 Å². The van der Waals surface area contributed by atoms with Crippen molar-refractivity contribution in [2.45, 2.75) is 19.0 Å². The normalized spacial score (nSPS) is 16.1. The molecule has 0 radical (unpaired) electrons. The van der Waals surface area contributed by atoms with Crippen molar-refractivity contribution in [3.05, 3.63) is 65.4 Å². The van der Waals surface area contributed by atoms with Crippen molar-refractivity contribution in [3.8, 4) is 5.75 Å². The average molecular weight is 364 g/mol. The predicted octanol–water partition coefficient (Wildman–Crippen LogP) is 2.92. The third-order valence-corrected chi connectivity index (χ3v) is 5.08. The monoisotopic (exact) mass is 364 g/mol. The highest BCUT2D eigenvalue weighted by Crippen LogP contribution is 2.31. The Morgan fingerprint density at radius 2 is 1.81 bits per heavy atom. The lowest BCUT2D eigenvalue weighted by Gasteiger charge is -2.34. The maximum atomic E-state index is 13.1. The highest BCUT2D eigenvalue weighted by Gasteiger charge is 2.37. The minimum Gasteiger partial charge on any atom is -0.497 e. The highest BCUT2D eigenvalue weighted by atomic mass is 16.5. The molecule has 27 heavy (non-hydrogen) atoms. The van der Waals surface area contributed by atoms with Crippen molar-refractivity contribution in [3.63, 3.8) is 0 Å². The van der Waals surface area contributed by atoms with Gasteiger partial charge in [0.05, 0.1) is 20.8 Å². The molecule has 1 amide bonds. The zero-order valence-electron chi connectivity index (χ0n) is 15.2. The van der Waals surface area contributed by atoms with E-state index < -0.39 is 12.0 Å². The topological polar surface area (TPSA) is 71.6 Å². The third kappa shape index (κ3) is 2.93. The molecule has 1 unspecified atom stereocenters. The number of aromatic amines is 1. The molecule has 3 aromatic rings. The standard InChI is InChI=1S/C21H20N2O4/c1-26-14-9-7-13(8-10-14)20(24)23-12-18-16(11-19(23)21(25)27-2)15-5-3-4-6-17(15)22-18/h3-10,19,22H,11-12H2,1-2H3. The Morgan fingerprint density at radius 1 is 1.07 bits per heavy atom. The second-order valence-electron chi connectivity index (χ2n) is 6.53. The maximum absolute atomic E-state index is 13.1. The van der Waals surface area contributed by atoms with Gasteiger partial charge in [-0.15, -0.1) is 0 Å². The second kappa shape index (κ2) is 6.79. The Kier molecular flexibility index (Phi) is 4.32. The number of carbonyl (C=O) groups excluding carboxylic acids is 2. The summed E-state index contributed by atoms with van der Waals surface area (Å²) in [6.45, 7) is 0.328. The number of esters is 1. The quantitative estimate of drug-likeness (QED) is 0.726. The maximum Gasteiger partial charge on any atom is 0.328 e. The van der Waals surface area contributed by atoms with Crippen LogP contribution in [0.5, 0.6) is 5.75 Å². The molecule has 0 saturated heterocycles. The molecule has 0 saturated carbocycles. The van der Waals surface area contributed by atoms with E-state index in [0.717, 1.165) is 22.2 Å². The minimum absolute atomic E-state index is 0.211. The smallest absolute Gasteiger partial charge is 0.328 e. The van der Waals surface area contributed by atoms with Crippen molar-refractivity contribution in [2.75, 3.05) is 14.2 Å². The van der Waals surface area contributed by atoms with E-state index in [1.165, 1.54) is 7.11 Å². The molecule has 4 rings (SSSR count). The van der Waals surface area contributed by atoms with Gasteiger partial charge in [-0.1, -0.05) is 18.2 Å². The van der Waals surface area contributed by atoms with E-state index in [1.807, 2.05) is 24.3 Å². The van der Waals surface area contributed by atoms with E-state index >= 15 is 0 Å². The van der Waals surface area contributed by atoms with Crippen molar-refractivity contribution in [2.24, 2.45) is 0 Å². The summed E-state index contributed by atoms with van der Waals surface area (Å²) in [6.07, 6.45) is 0.425. The van der Waals surface area contributed by atoms with E-state index in [1.54, 1.807) is 36.3 Å². The molecular formula is C21H20N2O4. The number of hydrogen-bond donors (Lipinski definition) is 1. The first-order valence-corrected chi connectivity index (χ1v) is 8.73.